The van der Waals surface area contributed by atoms with E-state index in [4.69, 9.17) is 10.1 Å². The van der Waals surface area contributed by atoms with Crippen LogP contribution >= 0.6 is 27.3 Å². The van der Waals surface area contributed by atoms with Crippen LogP contribution in [0, 0.1) is 5.82 Å². The second-order valence-corrected chi connectivity index (χ2v) is 10.3. The van der Waals surface area contributed by atoms with Crippen molar-refractivity contribution in [1.82, 2.24) is 15.2 Å². The van der Waals surface area contributed by atoms with Gasteiger partial charge < -0.3 is 15.2 Å². The summed E-state index contributed by atoms with van der Waals surface area (Å²) in [5.74, 6) is -1.06. The largest absolute Gasteiger partial charge is 0.478 e. The molecular formula is C26H29BrF2N4O4S. The summed E-state index contributed by atoms with van der Waals surface area (Å²) in [5, 5.41) is 14.6. The standard InChI is InChI=1S/C23H21BrF2N4O3S.C3H8O/c24-18-9-13(25)2-5-16(18)21-17(12-31)19(28-22(29-21)23-27-7-8-34-23)11-30-10-14(26)1-3-15(30)4-6-20(32)33;1-3-4-2/h2,4-9,12,14-15,21H,1,3,10-11H2,(H,28,29)(H,32,33);3H2,1-2H3/b6-4+;/t14?,15?,21-;/m0./s1. The van der Waals surface area contributed by atoms with Gasteiger partial charge in [-0.25, -0.2) is 18.6 Å². The molecule has 0 radical (unpaired) electrons. The minimum Gasteiger partial charge on any atom is -0.478 e. The first-order valence-electron chi connectivity index (χ1n) is 11.9. The molecule has 0 amide bonds. The highest BCUT2D eigenvalue weighted by molar-refractivity contribution is 9.10. The third-order valence-corrected chi connectivity index (χ3v) is 7.44. The zero-order valence-corrected chi connectivity index (χ0v) is 23.3. The summed E-state index contributed by atoms with van der Waals surface area (Å²) >= 11 is 4.74. The summed E-state index contributed by atoms with van der Waals surface area (Å²) in [6.45, 7) is 3.05. The number of rotatable bonds is 8. The fourth-order valence-corrected chi connectivity index (χ4v) is 5.25. The average Bonchev–Trinajstić information content (AvgIpc) is 3.43. The maximum Gasteiger partial charge on any atom is 0.328 e. The fourth-order valence-electron chi connectivity index (χ4n) is 4.10. The van der Waals surface area contributed by atoms with Gasteiger partial charge in [0.15, 0.2) is 10.8 Å². The van der Waals surface area contributed by atoms with Crippen LogP contribution in [0.5, 0.6) is 0 Å². The molecule has 38 heavy (non-hydrogen) atoms. The van der Waals surface area contributed by atoms with Gasteiger partial charge in [-0.3, -0.25) is 14.7 Å². The first kappa shape index (κ1) is 29.8. The van der Waals surface area contributed by atoms with E-state index < -0.39 is 24.0 Å². The molecular weight excluding hydrogens is 582 g/mol. The molecule has 1 aromatic carbocycles. The highest BCUT2D eigenvalue weighted by atomic mass is 79.9. The Labute approximate surface area is 232 Å². The van der Waals surface area contributed by atoms with Gasteiger partial charge in [-0.2, -0.15) is 0 Å². The normalized spacial score (nSPS) is 21.9. The molecule has 0 aliphatic carbocycles. The number of methoxy groups -OCH3 is 1. The molecule has 2 aliphatic heterocycles. The van der Waals surface area contributed by atoms with Gasteiger partial charge in [0.25, 0.3) is 0 Å². The van der Waals surface area contributed by atoms with Crippen LogP contribution in [0.2, 0.25) is 0 Å². The highest BCUT2D eigenvalue weighted by Crippen LogP contribution is 2.36. The number of hydrogen-bond acceptors (Lipinski definition) is 8. The molecule has 12 heteroatoms. The molecule has 3 atom stereocenters. The maximum absolute atomic E-state index is 14.3. The number of aldehydes is 1. The van der Waals surface area contributed by atoms with E-state index in [0.717, 1.165) is 12.7 Å². The number of carbonyl (C=O) groups is 2. The number of halogens is 3. The number of aromatic nitrogens is 1. The van der Waals surface area contributed by atoms with E-state index in [0.29, 0.717) is 51.3 Å². The van der Waals surface area contributed by atoms with Crippen molar-refractivity contribution in [3.63, 3.8) is 0 Å². The van der Waals surface area contributed by atoms with Crippen molar-refractivity contribution >= 4 is 45.4 Å². The zero-order valence-electron chi connectivity index (χ0n) is 20.9. The van der Waals surface area contributed by atoms with Crippen molar-refractivity contribution in [2.24, 2.45) is 4.99 Å². The van der Waals surface area contributed by atoms with E-state index >= 15 is 0 Å². The Kier molecular flexibility index (Phi) is 11.3. The molecule has 2 aromatic rings. The molecule has 1 fully saturated rings. The molecule has 0 saturated carbocycles. The van der Waals surface area contributed by atoms with Gasteiger partial charge in [0.1, 0.15) is 24.3 Å². The van der Waals surface area contributed by atoms with E-state index in [1.54, 1.807) is 35.7 Å². The fraction of sp³-hybridized carbons (Fsp3) is 0.385. The van der Waals surface area contributed by atoms with Crippen LogP contribution in [-0.2, 0) is 14.3 Å². The van der Waals surface area contributed by atoms with Gasteiger partial charge in [0.2, 0.25) is 0 Å². The summed E-state index contributed by atoms with van der Waals surface area (Å²) in [6, 6.07) is 3.14. The molecule has 2 N–H and O–H groups in total. The number of nitrogens with zero attached hydrogens (tertiary/aromatic N) is 3. The maximum atomic E-state index is 14.3. The van der Waals surface area contributed by atoms with Gasteiger partial charge in [-0.05, 0) is 37.5 Å². The van der Waals surface area contributed by atoms with Crippen LogP contribution in [0.3, 0.4) is 0 Å². The van der Waals surface area contributed by atoms with Crippen LogP contribution in [0.25, 0.3) is 0 Å². The SMILES string of the molecule is CCOC.O=CC1=C(CN2CC(F)CCC2/C=C/C(=O)O)NC(c2nccs2)=N[C@H]1c1ccc(F)cc1Br. The Balaban J connectivity index is 0.000000934. The number of ether oxygens (including phenoxy) is 1. The summed E-state index contributed by atoms with van der Waals surface area (Å²) in [4.78, 5) is 34.1. The number of hydrogen-bond donors (Lipinski definition) is 2. The lowest BCUT2D eigenvalue weighted by Crippen LogP contribution is -2.47. The molecule has 0 spiro atoms. The number of benzene rings is 1. The molecule has 2 aliphatic rings. The lowest BCUT2D eigenvalue weighted by molar-refractivity contribution is -0.131. The summed E-state index contributed by atoms with van der Waals surface area (Å²) in [7, 11) is 1.68. The predicted molar refractivity (Wildman–Crippen MR) is 146 cm³/mol. The number of alkyl halides is 1. The van der Waals surface area contributed by atoms with Crippen LogP contribution in [0.15, 0.2) is 62.7 Å². The number of amidine groups is 1. The van der Waals surface area contributed by atoms with Crippen molar-refractivity contribution in [3.05, 3.63) is 74.1 Å². The minimum atomic E-state index is -1.08. The van der Waals surface area contributed by atoms with E-state index in [-0.39, 0.29) is 19.1 Å². The van der Waals surface area contributed by atoms with Crippen molar-refractivity contribution in [1.29, 1.82) is 0 Å². The second-order valence-electron chi connectivity index (χ2n) is 8.51. The number of carboxylic acids is 1. The number of likely N-dealkylation sites (tertiary alicyclic amines) is 1. The number of piperidine rings is 1. The first-order valence-corrected chi connectivity index (χ1v) is 13.6. The van der Waals surface area contributed by atoms with E-state index in [1.165, 1.54) is 23.5 Å². The van der Waals surface area contributed by atoms with E-state index in [1.807, 2.05) is 6.92 Å². The van der Waals surface area contributed by atoms with Gasteiger partial charge in [0.05, 0.1) is 0 Å². The molecule has 3 heterocycles. The van der Waals surface area contributed by atoms with Crippen molar-refractivity contribution < 1.29 is 28.2 Å². The van der Waals surface area contributed by atoms with Crippen LogP contribution in [0.4, 0.5) is 8.78 Å². The summed E-state index contributed by atoms with van der Waals surface area (Å²) < 4.78 is 33.0. The lowest BCUT2D eigenvalue weighted by atomic mass is 9.95. The quantitative estimate of drug-likeness (QED) is 0.330. The van der Waals surface area contributed by atoms with Crippen LogP contribution in [0.1, 0.15) is 36.4 Å². The monoisotopic (exact) mass is 610 g/mol. The van der Waals surface area contributed by atoms with E-state index in [9.17, 15) is 18.4 Å². The number of aliphatic carboxylic acids is 1. The smallest absolute Gasteiger partial charge is 0.328 e. The number of aliphatic imine (C=N–C) groups is 1. The predicted octanol–water partition coefficient (Wildman–Crippen LogP) is 4.68. The number of carboxylic acid groups (broad SMARTS) is 1. The van der Waals surface area contributed by atoms with Crippen LogP contribution in [-0.4, -0.2) is 72.1 Å². The first-order chi connectivity index (χ1) is 18.3. The van der Waals surface area contributed by atoms with Gasteiger partial charge in [-0.15, -0.1) is 11.3 Å². The average molecular weight is 612 g/mol. The summed E-state index contributed by atoms with van der Waals surface area (Å²) in [5.41, 5.74) is 1.44. The number of thiazole rings is 1. The van der Waals surface area contributed by atoms with Crippen LogP contribution < -0.4 is 5.32 Å². The third kappa shape index (κ3) is 7.85. The number of carbonyl (C=O) groups excluding carboxylic acids is 1. The van der Waals surface area contributed by atoms with Gasteiger partial charge >= 0.3 is 5.97 Å². The lowest BCUT2D eigenvalue weighted by Gasteiger charge is -2.37. The molecule has 8 nitrogen and oxygen atoms in total. The minimum absolute atomic E-state index is 0.0978. The molecule has 204 valence electrons. The van der Waals surface area contributed by atoms with Crippen molar-refractivity contribution in [2.75, 3.05) is 26.8 Å². The van der Waals surface area contributed by atoms with Crippen molar-refractivity contribution in [2.45, 2.75) is 38.0 Å². The molecule has 1 aromatic heterocycles. The van der Waals surface area contributed by atoms with Gasteiger partial charge in [0, 0.05) is 66.2 Å². The summed E-state index contributed by atoms with van der Waals surface area (Å²) in [6.07, 6.45) is 4.65. The zero-order chi connectivity index (χ0) is 27.7. The third-order valence-electron chi connectivity index (χ3n) is 5.98. The topological polar surface area (TPSA) is 104 Å². The molecule has 1 saturated heterocycles. The Hall–Kier alpha value is -2.80. The second kappa shape index (κ2) is 14.4. The Bertz CT molecular complexity index is 1200. The molecule has 0 bridgehead atoms. The Morgan fingerprint density at radius 2 is 2.16 bits per heavy atom. The Morgan fingerprint density at radius 1 is 1.39 bits per heavy atom. The van der Waals surface area contributed by atoms with Gasteiger partial charge in [-0.1, -0.05) is 28.1 Å². The number of nitrogens with one attached hydrogen (secondary N) is 1. The highest BCUT2D eigenvalue weighted by Gasteiger charge is 2.33. The Morgan fingerprint density at radius 3 is 2.76 bits per heavy atom. The molecule has 4 rings (SSSR count). The van der Waals surface area contributed by atoms with E-state index in [2.05, 4.69) is 31.0 Å². The van der Waals surface area contributed by atoms with Crippen molar-refractivity contribution in [3.8, 4) is 0 Å². The molecule has 2 unspecified atom stereocenters.